The van der Waals surface area contributed by atoms with Crippen molar-refractivity contribution >= 4 is 21.6 Å². The van der Waals surface area contributed by atoms with Gasteiger partial charge in [-0.2, -0.15) is 0 Å². The van der Waals surface area contributed by atoms with Crippen molar-refractivity contribution in [1.29, 1.82) is 0 Å². The Bertz CT molecular complexity index is 1110. The lowest BCUT2D eigenvalue weighted by molar-refractivity contribution is 0.0460. The molecule has 3 heterocycles. The fourth-order valence-electron chi connectivity index (χ4n) is 5.28. The third kappa shape index (κ3) is 3.97. The summed E-state index contributed by atoms with van der Waals surface area (Å²) in [4.78, 5) is 25.6. The van der Waals surface area contributed by atoms with Crippen LogP contribution in [0.4, 0.5) is 0 Å². The second kappa shape index (κ2) is 8.49. The van der Waals surface area contributed by atoms with Crippen LogP contribution in [0.15, 0.2) is 35.1 Å². The summed E-state index contributed by atoms with van der Waals surface area (Å²) in [6.45, 7) is 6.22. The molecule has 164 valence electrons. The average Bonchev–Trinajstić information content (AvgIpc) is 3.16. The lowest BCUT2D eigenvalue weighted by Gasteiger charge is -2.37. The van der Waals surface area contributed by atoms with Gasteiger partial charge in [-0.05, 0) is 75.1 Å². The molecule has 5 nitrogen and oxygen atoms in total. The van der Waals surface area contributed by atoms with Crippen LogP contribution in [0.3, 0.4) is 0 Å². The number of aliphatic hydroxyl groups is 1. The number of hydrogen-bond acceptors (Lipinski definition) is 5. The molecule has 0 bridgehead atoms. The Hall–Kier alpha value is -2.02. The highest BCUT2D eigenvalue weighted by molar-refractivity contribution is 7.18. The first kappa shape index (κ1) is 20.9. The van der Waals surface area contributed by atoms with Crippen molar-refractivity contribution in [3.63, 3.8) is 0 Å². The third-order valence-electron chi connectivity index (χ3n) is 7.29. The number of H-pyrrole nitrogens is 1. The average molecular weight is 438 g/mol. The Morgan fingerprint density at radius 3 is 2.68 bits per heavy atom. The molecule has 0 amide bonds. The van der Waals surface area contributed by atoms with Crippen LogP contribution < -0.4 is 5.56 Å². The van der Waals surface area contributed by atoms with Gasteiger partial charge in [0.1, 0.15) is 10.7 Å². The molecule has 0 spiro atoms. The zero-order valence-electron chi connectivity index (χ0n) is 18.3. The standard InChI is InChI=1S/C25H31N3O2S/c1-15-8-9-19-20(14-15)31-25-21(19)24(30)26-23(27-25)16(2)28-12-10-18(11-13-28)22(29)17-6-4-3-5-7-17/h3-7,15-16,18,22,29H,8-14H2,1-2H3,(H,26,27,30). The van der Waals surface area contributed by atoms with E-state index >= 15 is 0 Å². The van der Waals surface area contributed by atoms with E-state index in [2.05, 4.69) is 23.7 Å². The summed E-state index contributed by atoms with van der Waals surface area (Å²) in [7, 11) is 0. The fourth-order valence-corrected chi connectivity index (χ4v) is 6.67. The molecule has 2 aliphatic rings. The molecule has 3 unspecified atom stereocenters. The van der Waals surface area contributed by atoms with Crippen LogP contribution in [0, 0.1) is 11.8 Å². The smallest absolute Gasteiger partial charge is 0.259 e. The van der Waals surface area contributed by atoms with E-state index in [1.54, 1.807) is 11.3 Å². The lowest BCUT2D eigenvalue weighted by Crippen LogP contribution is -2.38. The number of piperidine rings is 1. The highest BCUT2D eigenvalue weighted by Crippen LogP contribution is 2.37. The predicted octanol–water partition coefficient (Wildman–Crippen LogP) is 4.62. The predicted molar refractivity (Wildman–Crippen MR) is 126 cm³/mol. The minimum absolute atomic E-state index is 0.0216. The molecule has 6 heteroatoms. The van der Waals surface area contributed by atoms with Crippen molar-refractivity contribution < 1.29 is 5.11 Å². The minimum Gasteiger partial charge on any atom is -0.388 e. The molecule has 0 saturated carbocycles. The van der Waals surface area contributed by atoms with Crippen molar-refractivity contribution in [3.8, 4) is 0 Å². The number of nitrogens with one attached hydrogen (secondary N) is 1. The summed E-state index contributed by atoms with van der Waals surface area (Å²) in [5.74, 6) is 1.73. The molecule has 1 aromatic carbocycles. The molecule has 1 aliphatic heterocycles. The van der Waals surface area contributed by atoms with Crippen LogP contribution in [0.5, 0.6) is 0 Å². The van der Waals surface area contributed by atoms with Crippen molar-refractivity contribution in [2.75, 3.05) is 13.1 Å². The van der Waals surface area contributed by atoms with Crippen LogP contribution >= 0.6 is 11.3 Å². The molecule has 1 saturated heterocycles. The molecule has 31 heavy (non-hydrogen) atoms. The highest BCUT2D eigenvalue weighted by atomic mass is 32.1. The molecule has 0 radical (unpaired) electrons. The Kier molecular flexibility index (Phi) is 5.71. The monoisotopic (exact) mass is 437 g/mol. The van der Waals surface area contributed by atoms with Crippen molar-refractivity contribution in [3.05, 3.63) is 62.5 Å². The fraction of sp³-hybridized carbons (Fsp3) is 0.520. The number of aromatic nitrogens is 2. The van der Waals surface area contributed by atoms with E-state index in [-0.39, 0.29) is 17.5 Å². The second-order valence-electron chi connectivity index (χ2n) is 9.39. The molecule has 1 fully saturated rings. The maximum absolute atomic E-state index is 13.0. The van der Waals surface area contributed by atoms with Gasteiger partial charge in [0.25, 0.3) is 5.56 Å². The van der Waals surface area contributed by atoms with Gasteiger partial charge in [0.2, 0.25) is 0 Å². The number of nitrogens with zero attached hydrogens (tertiary/aromatic N) is 2. The van der Waals surface area contributed by atoms with Gasteiger partial charge in [0, 0.05) is 4.88 Å². The number of hydrogen-bond donors (Lipinski definition) is 2. The normalized spacial score (nSPS) is 22.4. The van der Waals surface area contributed by atoms with Gasteiger partial charge in [0.05, 0.1) is 17.5 Å². The van der Waals surface area contributed by atoms with Crippen LogP contribution in [0.1, 0.15) is 67.1 Å². The summed E-state index contributed by atoms with van der Waals surface area (Å²) >= 11 is 1.72. The highest BCUT2D eigenvalue weighted by Gasteiger charge is 2.30. The van der Waals surface area contributed by atoms with E-state index in [0.717, 1.165) is 66.8 Å². The van der Waals surface area contributed by atoms with E-state index < -0.39 is 6.10 Å². The third-order valence-corrected chi connectivity index (χ3v) is 8.44. The molecule has 1 aliphatic carbocycles. The number of thiophene rings is 1. The molecule has 2 N–H and O–H groups in total. The molecule has 5 rings (SSSR count). The van der Waals surface area contributed by atoms with Gasteiger partial charge in [-0.25, -0.2) is 4.98 Å². The summed E-state index contributed by atoms with van der Waals surface area (Å²) in [6, 6.07) is 10.0. The molecular formula is C25H31N3O2S. The van der Waals surface area contributed by atoms with E-state index in [0.29, 0.717) is 5.92 Å². The van der Waals surface area contributed by atoms with Crippen molar-refractivity contribution in [2.45, 2.75) is 58.1 Å². The van der Waals surface area contributed by atoms with Gasteiger partial charge in [0.15, 0.2) is 0 Å². The number of likely N-dealkylation sites (tertiary alicyclic amines) is 1. The Labute approximate surface area is 187 Å². The Morgan fingerprint density at radius 1 is 1.19 bits per heavy atom. The zero-order valence-corrected chi connectivity index (χ0v) is 19.1. The first-order valence-corrected chi connectivity index (χ1v) is 12.3. The number of aromatic amines is 1. The summed E-state index contributed by atoms with van der Waals surface area (Å²) in [5.41, 5.74) is 2.26. The first-order valence-electron chi connectivity index (χ1n) is 11.5. The summed E-state index contributed by atoms with van der Waals surface area (Å²) in [5, 5.41) is 11.6. The number of aryl methyl sites for hydroxylation is 1. The van der Waals surface area contributed by atoms with Gasteiger partial charge in [-0.1, -0.05) is 37.3 Å². The molecule has 3 atom stereocenters. The lowest BCUT2D eigenvalue weighted by atomic mass is 9.87. The summed E-state index contributed by atoms with van der Waals surface area (Å²) < 4.78 is 0. The molecule has 3 aromatic rings. The first-order chi connectivity index (χ1) is 15.0. The maximum Gasteiger partial charge on any atom is 0.259 e. The number of aliphatic hydroxyl groups excluding tert-OH is 1. The van der Waals surface area contributed by atoms with E-state index in [4.69, 9.17) is 4.98 Å². The van der Waals surface area contributed by atoms with Gasteiger partial charge in [-0.3, -0.25) is 9.69 Å². The van der Waals surface area contributed by atoms with E-state index in [1.165, 1.54) is 10.4 Å². The topological polar surface area (TPSA) is 69.2 Å². The Balaban J connectivity index is 1.32. The van der Waals surface area contributed by atoms with Gasteiger partial charge < -0.3 is 10.1 Å². The van der Waals surface area contributed by atoms with Gasteiger partial charge >= 0.3 is 0 Å². The van der Waals surface area contributed by atoms with Crippen molar-refractivity contribution in [1.82, 2.24) is 14.9 Å². The summed E-state index contributed by atoms with van der Waals surface area (Å²) in [6.07, 6.45) is 4.69. The van der Waals surface area contributed by atoms with Crippen LogP contribution in [-0.4, -0.2) is 33.1 Å². The largest absolute Gasteiger partial charge is 0.388 e. The second-order valence-corrected chi connectivity index (χ2v) is 10.5. The maximum atomic E-state index is 13.0. The minimum atomic E-state index is -0.409. The van der Waals surface area contributed by atoms with Gasteiger partial charge in [-0.15, -0.1) is 11.3 Å². The zero-order chi connectivity index (χ0) is 21.5. The SMILES string of the molecule is CC1CCc2c(sc3nc(C(C)N4CCC(C(O)c5ccccc5)CC4)[nH]c(=O)c23)C1. The Morgan fingerprint density at radius 2 is 1.94 bits per heavy atom. The quantitative estimate of drug-likeness (QED) is 0.625. The van der Waals surface area contributed by atoms with Crippen LogP contribution in [-0.2, 0) is 12.8 Å². The van der Waals surface area contributed by atoms with Crippen molar-refractivity contribution in [2.24, 2.45) is 11.8 Å². The van der Waals surface area contributed by atoms with Crippen LogP contribution in [0.2, 0.25) is 0 Å². The van der Waals surface area contributed by atoms with E-state index in [9.17, 15) is 9.90 Å². The number of rotatable bonds is 4. The van der Waals surface area contributed by atoms with Crippen LogP contribution in [0.25, 0.3) is 10.2 Å². The molecule has 2 aromatic heterocycles. The number of benzene rings is 1. The molecular weight excluding hydrogens is 406 g/mol. The van der Waals surface area contributed by atoms with E-state index in [1.807, 2.05) is 30.3 Å². The number of fused-ring (bicyclic) bond motifs is 3.